The highest BCUT2D eigenvalue weighted by Crippen LogP contribution is 2.28. The first-order valence-electron chi connectivity index (χ1n) is 8.68. The van der Waals surface area contributed by atoms with E-state index in [0.717, 1.165) is 4.47 Å². The highest BCUT2D eigenvalue weighted by molar-refractivity contribution is 9.10. The molecule has 0 aliphatic rings. The van der Waals surface area contributed by atoms with Crippen molar-refractivity contribution in [2.24, 2.45) is 0 Å². The Labute approximate surface area is 170 Å². The second-order valence-corrected chi connectivity index (χ2v) is 6.74. The minimum Gasteiger partial charge on any atom is -0.466 e. The number of pyridine rings is 1. The molecule has 0 saturated carbocycles. The number of ether oxygens (including phenoxy) is 2. The molecule has 0 unspecified atom stereocenters. The molecule has 0 aliphatic heterocycles. The van der Waals surface area contributed by atoms with Gasteiger partial charge in [-0.05, 0) is 44.0 Å². The van der Waals surface area contributed by atoms with Gasteiger partial charge in [0.05, 0.1) is 36.5 Å². The van der Waals surface area contributed by atoms with E-state index < -0.39 is 29.7 Å². The van der Waals surface area contributed by atoms with E-state index in [4.69, 9.17) is 9.47 Å². The highest BCUT2D eigenvalue weighted by Gasteiger charge is 2.28. The molecule has 0 fully saturated rings. The number of carbonyl (C=O) groups is 3. The Balaban J connectivity index is 2.84. The predicted molar refractivity (Wildman–Crippen MR) is 106 cm³/mol. The Bertz CT molecular complexity index is 962. The lowest BCUT2D eigenvalue weighted by Gasteiger charge is -2.16. The SMILES string of the molecule is CCOC(=O)Cc1c(C(=O)OCC)c(-c2ccc(Br)cc2)[nH]c(=O)c1C(C)=O. The van der Waals surface area contributed by atoms with Gasteiger partial charge in [0, 0.05) is 4.47 Å². The van der Waals surface area contributed by atoms with E-state index >= 15 is 0 Å². The molecule has 1 N–H and O–H groups in total. The number of aromatic nitrogens is 1. The number of H-pyrrole nitrogens is 1. The summed E-state index contributed by atoms with van der Waals surface area (Å²) in [5, 5.41) is 0. The first-order chi connectivity index (χ1) is 13.3. The molecule has 2 aromatic rings. The predicted octanol–water partition coefficient (Wildman–Crippen LogP) is 3.29. The summed E-state index contributed by atoms with van der Waals surface area (Å²) in [6.07, 6.45) is -0.398. The van der Waals surface area contributed by atoms with Crippen LogP contribution in [-0.4, -0.2) is 35.9 Å². The zero-order valence-corrected chi connectivity index (χ0v) is 17.3. The number of rotatable bonds is 7. The molecule has 148 valence electrons. The van der Waals surface area contributed by atoms with Gasteiger partial charge in [0.25, 0.3) is 5.56 Å². The summed E-state index contributed by atoms with van der Waals surface area (Å²) >= 11 is 3.33. The maximum Gasteiger partial charge on any atom is 0.340 e. The number of nitrogens with one attached hydrogen (secondary N) is 1. The molecule has 0 atom stereocenters. The molecule has 7 nitrogen and oxygen atoms in total. The van der Waals surface area contributed by atoms with Crippen molar-refractivity contribution < 1.29 is 23.9 Å². The molecule has 1 heterocycles. The van der Waals surface area contributed by atoms with Crippen LogP contribution in [0.5, 0.6) is 0 Å². The minimum atomic E-state index is -0.738. The van der Waals surface area contributed by atoms with E-state index in [2.05, 4.69) is 20.9 Å². The number of aromatic amines is 1. The third kappa shape index (κ3) is 4.75. The van der Waals surface area contributed by atoms with Crippen LogP contribution in [0.15, 0.2) is 33.5 Å². The summed E-state index contributed by atoms with van der Waals surface area (Å²) in [5.74, 6) is -1.95. The van der Waals surface area contributed by atoms with Gasteiger partial charge >= 0.3 is 11.9 Å². The number of Topliss-reactive ketones (excluding diaryl/α,β-unsaturated/α-hetero) is 1. The molecule has 0 spiro atoms. The normalized spacial score (nSPS) is 10.4. The maximum atomic E-state index is 12.7. The molecule has 0 aliphatic carbocycles. The molecule has 0 saturated heterocycles. The molecule has 0 bridgehead atoms. The van der Waals surface area contributed by atoms with Crippen molar-refractivity contribution in [3.8, 4) is 11.3 Å². The van der Waals surface area contributed by atoms with E-state index in [1.165, 1.54) is 6.92 Å². The topological polar surface area (TPSA) is 103 Å². The third-order valence-electron chi connectivity index (χ3n) is 3.91. The van der Waals surface area contributed by atoms with Crippen LogP contribution in [0, 0.1) is 0 Å². The molecule has 28 heavy (non-hydrogen) atoms. The summed E-state index contributed by atoms with van der Waals surface area (Å²) in [6, 6.07) is 6.87. The lowest BCUT2D eigenvalue weighted by molar-refractivity contribution is -0.142. The van der Waals surface area contributed by atoms with Crippen molar-refractivity contribution in [3.63, 3.8) is 0 Å². The molecule has 1 aromatic heterocycles. The molecule has 0 amide bonds. The second kappa shape index (κ2) is 9.45. The van der Waals surface area contributed by atoms with Crippen molar-refractivity contribution in [2.45, 2.75) is 27.2 Å². The first kappa shape index (κ1) is 21.6. The van der Waals surface area contributed by atoms with Crippen molar-refractivity contribution >= 4 is 33.7 Å². The van der Waals surface area contributed by atoms with Crippen molar-refractivity contribution in [3.05, 3.63) is 55.8 Å². The maximum absolute atomic E-state index is 12.7. The summed E-state index contributed by atoms with van der Waals surface area (Å²) in [4.78, 5) is 52.2. The summed E-state index contributed by atoms with van der Waals surface area (Å²) in [5.41, 5.74) is -0.244. The quantitative estimate of drug-likeness (QED) is 0.513. The number of esters is 2. The molecule has 1 aromatic carbocycles. The lowest BCUT2D eigenvalue weighted by atomic mass is 9.93. The number of carbonyl (C=O) groups excluding carboxylic acids is 3. The first-order valence-corrected chi connectivity index (χ1v) is 9.48. The van der Waals surface area contributed by atoms with Crippen LogP contribution in [0.25, 0.3) is 11.3 Å². The van der Waals surface area contributed by atoms with Crippen LogP contribution >= 0.6 is 15.9 Å². The van der Waals surface area contributed by atoms with Crippen LogP contribution in [0.3, 0.4) is 0 Å². The fourth-order valence-corrected chi connectivity index (χ4v) is 3.08. The summed E-state index contributed by atoms with van der Waals surface area (Å²) < 4.78 is 10.9. The Kier molecular flexibility index (Phi) is 7.28. The van der Waals surface area contributed by atoms with Gasteiger partial charge in [0.2, 0.25) is 0 Å². The van der Waals surface area contributed by atoms with Gasteiger partial charge < -0.3 is 14.5 Å². The Morgan fingerprint density at radius 3 is 2.14 bits per heavy atom. The van der Waals surface area contributed by atoms with Gasteiger partial charge in [-0.3, -0.25) is 14.4 Å². The average Bonchev–Trinajstić information content (AvgIpc) is 2.61. The Morgan fingerprint density at radius 1 is 1.00 bits per heavy atom. The molecule has 2 rings (SSSR count). The smallest absolute Gasteiger partial charge is 0.340 e. The van der Waals surface area contributed by atoms with Crippen LogP contribution in [-0.2, 0) is 20.7 Å². The Morgan fingerprint density at radius 2 is 1.61 bits per heavy atom. The van der Waals surface area contributed by atoms with E-state index in [9.17, 15) is 19.2 Å². The van der Waals surface area contributed by atoms with Crippen molar-refractivity contribution in [1.82, 2.24) is 4.98 Å². The van der Waals surface area contributed by atoms with Gasteiger partial charge in [-0.2, -0.15) is 0 Å². The number of halogens is 1. The molecule has 8 heteroatoms. The van der Waals surface area contributed by atoms with Gasteiger partial charge in [0.1, 0.15) is 0 Å². The van der Waals surface area contributed by atoms with Gasteiger partial charge in [-0.1, -0.05) is 28.1 Å². The fourth-order valence-electron chi connectivity index (χ4n) is 2.82. The fraction of sp³-hybridized carbons (Fsp3) is 0.300. The van der Waals surface area contributed by atoms with Crippen LogP contribution < -0.4 is 5.56 Å². The van der Waals surface area contributed by atoms with Crippen LogP contribution in [0.4, 0.5) is 0 Å². The van der Waals surface area contributed by atoms with Crippen molar-refractivity contribution in [2.75, 3.05) is 13.2 Å². The third-order valence-corrected chi connectivity index (χ3v) is 4.44. The summed E-state index contributed by atoms with van der Waals surface area (Å²) in [6.45, 7) is 4.70. The zero-order chi connectivity index (χ0) is 20.8. The molecule has 0 radical (unpaired) electrons. The number of hydrogen-bond acceptors (Lipinski definition) is 6. The largest absolute Gasteiger partial charge is 0.466 e. The number of benzene rings is 1. The molecular formula is C20H20BrNO6. The van der Waals surface area contributed by atoms with Gasteiger partial charge in [0.15, 0.2) is 5.78 Å². The van der Waals surface area contributed by atoms with E-state index in [0.29, 0.717) is 5.56 Å². The minimum absolute atomic E-state index is 0.00562. The lowest BCUT2D eigenvalue weighted by Crippen LogP contribution is -2.27. The number of ketones is 1. The van der Waals surface area contributed by atoms with Crippen LogP contribution in [0.1, 0.15) is 47.1 Å². The van der Waals surface area contributed by atoms with Crippen molar-refractivity contribution in [1.29, 1.82) is 0 Å². The van der Waals surface area contributed by atoms with Crippen LogP contribution in [0.2, 0.25) is 0 Å². The van der Waals surface area contributed by atoms with E-state index in [1.807, 2.05) is 0 Å². The second-order valence-electron chi connectivity index (χ2n) is 5.82. The van der Waals surface area contributed by atoms with E-state index in [1.54, 1.807) is 38.1 Å². The monoisotopic (exact) mass is 449 g/mol. The number of hydrogen-bond donors (Lipinski definition) is 1. The molecular weight excluding hydrogens is 430 g/mol. The summed E-state index contributed by atoms with van der Waals surface area (Å²) in [7, 11) is 0. The Hall–Kier alpha value is -2.74. The average molecular weight is 450 g/mol. The standard InChI is InChI=1S/C20H20BrNO6/c1-4-27-15(24)10-14-16(11(3)23)19(25)22-18(17(14)20(26)28-5-2)12-6-8-13(21)9-7-12/h6-9H,4-5,10H2,1-3H3,(H,22,25). The van der Waals surface area contributed by atoms with E-state index in [-0.39, 0.29) is 35.6 Å². The van der Waals surface area contributed by atoms with Gasteiger partial charge in [-0.15, -0.1) is 0 Å². The zero-order valence-electron chi connectivity index (χ0n) is 15.8. The highest BCUT2D eigenvalue weighted by atomic mass is 79.9. The van der Waals surface area contributed by atoms with Gasteiger partial charge in [-0.25, -0.2) is 4.79 Å².